The first-order valence-corrected chi connectivity index (χ1v) is 10.0. The molecule has 0 aliphatic carbocycles. The lowest BCUT2D eigenvalue weighted by atomic mass is 9.77. The molecule has 0 bridgehead atoms. The summed E-state index contributed by atoms with van der Waals surface area (Å²) in [6, 6.07) is 10.1. The van der Waals surface area contributed by atoms with Crippen LogP contribution in [-0.4, -0.2) is 40.1 Å². The molecule has 2 fully saturated rings. The van der Waals surface area contributed by atoms with Crippen LogP contribution >= 0.6 is 11.6 Å². The van der Waals surface area contributed by atoms with Gasteiger partial charge in [-0.2, -0.15) is 0 Å². The number of nitrogens with zero attached hydrogens (tertiary/aromatic N) is 4. The summed E-state index contributed by atoms with van der Waals surface area (Å²) in [6.45, 7) is 2.59. The fourth-order valence-corrected chi connectivity index (χ4v) is 4.66. The second-order valence-electron chi connectivity index (χ2n) is 7.95. The maximum atomic E-state index is 11.7. The summed E-state index contributed by atoms with van der Waals surface area (Å²) in [5.41, 5.74) is 3.04. The Morgan fingerprint density at radius 2 is 2.00 bits per heavy atom. The highest BCUT2D eigenvalue weighted by atomic mass is 35.5. The van der Waals surface area contributed by atoms with Crippen LogP contribution in [0.3, 0.4) is 0 Å². The van der Waals surface area contributed by atoms with E-state index in [0.717, 1.165) is 60.7 Å². The quantitative estimate of drug-likeness (QED) is 0.722. The Morgan fingerprint density at radius 1 is 1.21 bits per heavy atom. The first-order chi connectivity index (χ1) is 13.5. The van der Waals surface area contributed by atoms with E-state index < -0.39 is 0 Å². The molecule has 144 valence electrons. The number of aryl methyl sites for hydroxylation is 1. The number of rotatable bonds is 2. The summed E-state index contributed by atoms with van der Waals surface area (Å²) in [5.74, 6) is 1.94. The van der Waals surface area contributed by atoms with Crippen molar-refractivity contribution < 1.29 is 4.79 Å². The van der Waals surface area contributed by atoms with E-state index in [9.17, 15) is 4.79 Å². The first-order valence-electron chi connectivity index (χ1n) is 9.64. The molecular weight excluding hydrogens is 374 g/mol. The molecule has 1 spiro atoms. The molecule has 1 N–H and O–H groups in total. The van der Waals surface area contributed by atoms with Gasteiger partial charge in [-0.3, -0.25) is 4.79 Å². The van der Waals surface area contributed by atoms with Gasteiger partial charge in [0.1, 0.15) is 11.6 Å². The summed E-state index contributed by atoms with van der Waals surface area (Å²) >= 11 is 6.50. The van der Waals surface area contributed by atoms with Crippen LogP contribution < -0.4 is 10.2 Å². The standard InChI is InChI=1S/C21H22ClN5O/c1-26-17-5-3-2-4-16(17)25-20(26)14-10-18(23-12-15(14)22)27-8-6-21(7-9-27)11-19(28)24-13-21/h2-5,10,12H,6-9,11,13H2,1H3,(H,24,28). The molecule has 0 unspecified atom stereocenters. The number of amides is 1. The van der Waals surface area contributed by atoms with Crippen molar-refractivity contribution >= 4 is 34.4 Å². The van der Waals surface area contributed by atoms with Gasteiger partial charge >= 0.3 is 0 Å². The Labute approximate surface area is 168 Å². The number of benzene rings is 1. The Morgan fingerprint density at radius 3 is 2.71 bits per heavy atom. The molecular formula is C21H22ClN5O. The van der Waals surface area contributed by atoms with Gasteiger partial charge in [0, 0.05) is 44.9 Å². The average Bonchev–Trinajstić information content (AvgIpc) is 3.23. The molecule has 7 heteroatoms. The van der Waals surface area contributed by atoms with Crippen LogP contribution in [0.25, 0.3) is 22.4 Å². The van der Waals surface area contributed by atoms with Gasteiger partial charge < -0.3 is 14.8 Å². The Bertz CT molecular complexity index is 1070. The molecule has 0 saturated carbocycles. The van der Waals surface area contributed by atoms with Crippen molar-refractivity contribution in [2.45, 2.75) is 19.3 Å². The average molecular weight is 396 g/mol. The van der Waals surface area contributed by atoms with Gasteiger partial charge in [0.25, 0.3) is 0 Å². The van der Waals surface area contributed by atoms with E-state index in [1.165, 1.54) is 0 Å². The molecule has 2 saturated heterocycles. The van der Waals surface area contributed by atoms with Crippen LogP contribution in [0.1, 0.15) is 19.3 Å². The number of pyridine rings is 1. The lowest BCUT2D eigenvalue weighted by molar-refractivity contribution is -0.119. The number of hydrogen-bond donors (Lipinski definition) is 1. The van der Waals surface area contributed by atoms with Crippen LogP contribution in [-0.2, 0) is 11.8 Å². The lowest BCUT2D eigenvalue weighted by Crippen LogP contribution is -2.41. The normalized spacial score (nSPS) is 18.8. The molecule has 28 heavy (non-hydrogen) atoms. The lowest BCUT2D eigenvalue weighted by Gasteiger charge is -2.38. The zero-order valence-electron chi connectivity index (χ0n) is 15.8. The third kappa shape index (κ3) is 2.83. The van der Waals surface area contributed by atoms with Crippen LogP contribution in [0.2, 0.25) is 5.02 Å². The number of imidazole rings is 1. The van der Waals surface area contributed by atoms with E-state index in [0.29, 0.717) is 11.4 Å². The number of anilines is 1. The highest BCUT2D eigenvalue weighted by Gasteiger charge is 2.41. The fraction of sp³-hybridized carbons (Fsp3) is 0.381. The van der Waals surface area contributed by atoms with Crippen LogP contribution in [0.15, 0.2) is 36.5 Å². The molecule has 1 amide bonds. The van der Waals surface area contributed by atoms with E-state index in [4.69, 9.17) is 16.6 Å². The minimum Gasteiger partial charge on any atom is -0.357 e. The number of carbonyl (C=O) groups is 1. The highest BCUT2D eigenvalue weighted by molar-refractivity contribution is 6.33. The number of hydrogen-bond acceptors (Lipinski definition) is 4. The number of carbonyl (C=O) groups excluding carboxylic acids is 1. The number of halogens is 1. The predicted octanol–water partition coefficient (Wildman–Crippen LogP) is 3.40. The summed E-state index contributed by atoms with van der Waals surface area (Å²) in [7, 11) is 2.01. The Hall–Kier alpha value is -2.60. The zero-order valence-corrected chi connectivity index (χ0v) is 16.5. The van der Waals surface area contributed by atoms with Crippen LogP contribution in [0.5, 0.6) is 0 Å². The maximum absolute atomic E-state index is 11.7. The van der Waals surface area contributed by atoms with E-state index in [2.05, 4.69) is 25.8 Å². The predicted molar refractivity (Wildman–Crippen MR) is 110 cm³/mol. The number of fused-ring (bicyclic) bond motifs is 1. The molecule has 3 aromatic rings. The minimum atomic E-state index is 0.125. The molecule has 2 aliphatic heterocycles. The van der Waals surface area contributed by atoms with Crippen molar-refractivity contribution in [3.05, 3.63) is 41.6 Å². The van der Waals surface area contributed by atoms with Crippen molar-refractivity contribution in [2.24, 2.45) is 12.5 Å². The van der Waals surface area contributed by atoms with Gasteiger partial charge in [-0.15, -0.1) is 0 Å². The molecule has 4 heterocycles. The zero-order chi connectivity index (χ0) is 19.3. The fourth-order valence-electron chi connectivity index (χ4n) is 4.47. The van der Waals surface area contributed by atoms with E-state index in [1.807, 2.05) is 31.3 Å². The molecule has 5 rings (SSSR count). The van der Waals surface area contributed by atoms with Crippen molar-refractivity contribution in [1.29, 1.82) is 0 Å². The third-order valence-electron chi connectivity index (χ3n) is 6.21. The third-order valence-corrected chi connectivity index (χ3v) is 6.51. The maximum Gasteiger partial charge on any atom is 0.220 e. The van der Waals surface area contributed by atoms with E-state index in [-0.39, 0.29) is 11.3 Å². The molecule has 2 aliphatic rings. The summed E-state index contributed by atoms with van der Waals surface area (Å²) < 4.78 is 2.07. The molecule has 0 radical (unpaired) electrons. The number of nitrogens with one attached hydrogen (secondary N) is 1. The smallest absolute Gasteiger partial charge is 0.220 e. The van der Waals surface area contributed by atoms with Gasteiger partial charge in [-0.1, -0.05) is 23.7 Å². The Balaban J connectivity index is 1.45. The Kier molecular flexibility index (Phi) is 4.05. The van der Waals surface area contributed by atoms with Gasteiger partial charge in [0.2, 0.25) is 5.91 Å². The van der Waals surface area contributed by atoms with Gasteiger partial charge in [-0.05, 0) is 36.5 Å². The number of aromatic nitrogens is 3. The topological polar surface area (TPSA) is 63.0 Å². The van der Waals surface area contributed by atoms with Crippen molar-refractivity contribution in [3.63, 3.8) is 0 Å². The molecule has 1 aromatic carbocycles. The largest absolute Gasteiger partial charge is 0.357 e. The van der Waals surface area contributed by atoms with Gasteiger partial charge in [-0.25, -0.2) is 9.97 Å². The first kappa shape index (κ1) is 17.5. The second-order valence-corrected chi connectivity index (χ2v) is 8.35. The van der Waals surface area contributed by atoms with Gasteiger partial charge in [0.15, 0.2) is 0 Å². The SMILES string of the molecule is Cn1c(-c2cc(N3CCC4(CC3)CNC(=O)C4)ncc2Cl)nc2ccccc21. The van der Waals surface area contributed by atoms with Crippen molar-refractivity contribution in [1.82, 2.24) is 19.9 Å². The van der Waals surface area contributed by atoms with E-state index >= 15 is 0 Å². The summed E-state index contributed by atoms with van der Waals surface area (Å²) in [5, 5.41) is 3.59. The number of piperidine rings is 1. The van der Waals surface area contributed by atoms with Crippen LogP contribution in [0, 0.1) is 5.41 Å². The minimum absolute atomic E-state index is 0.125. The molecule has 6 nitrogen and oxygen atoms in total. The second kappa shape index (κ2) is 6.48. The number of para-hydroxylation sites is 2. The molecule has 0 atom stereocenters. The molecule has 2 aromatic heterocycles. The van der Waals surface area contributed by atoms with E-state index in [1.54, 1.807) is 6.20 Å². The van der Waals surface area contributed by atoms with Crippen molar-refractivity contribution in [2.75, 3.05) is 24.5 Å². The van der Waals surface area contributed by atoms with Crippen LogP contribution in [0.4, 0.5) is 5.82 Å². The van der Waals surface area contributed by atoms with Gasteiger partial charge in [0.05, 0.1) is 16.1 Å². The summed E-state index contributed by atoms with van der Waals surface area (Å²) in [6.07, 6.45) is 4.37. The summed E-state index contributed by atoms with van der Waals surface area (Å²) in [4.78, 5) is 23.3. The monoisotopic (exact) mass is 395 g/mol. The highest BCUT2D eigenvalue weighted by Crippen LogP contribution is 2.39. The van der Waals surface area contributed by atoms with Crippen molar-refractivity contribution in [3.8, 4) is 11.4 Å².